The van der Waals surface area contributed by atoms with E-state index in [1.807, 2.05) is 0 Å². The average Bonchev–Trinajstić information content (AvgIpc) is 2.43. The van der Waals surface area contributed by atoms with Gasteiger partial charge in [-0.1, -0.05) is 0 Å². The molecule has 6 nitrogen and oxygen atoms in total. The fourth-order valence-corrected chi connectivity index (χ4v) is 1.18. The van der Waals surface area contributed by atoms with Crippen LogP contribution in [-0.2, 0) is 10.1 Å². The highest BCUT2D eigenvalue weighted by Crippen LogP contribution is 2.20. The summed E-state index contributed by atoms with van der Waals surface area (Å²) < 4.78 is 62.5. The van der Waals surface area contributed by atoms with Crippen molar-refractivity contribution >= 4 is 15.9 Å². The van der Waals surface area contributed by atoms with Crippen molar-refractivity contribution in [2.75, 3.05) is 13.7 Å². The van der Waals surface area contributed by atoms with Crippen LogP contribution < -0.4 is 10.5 Å². The van der Waals surface area contributed by atoms with E-state index in [4.69, 9.17) is 23.4 Å². The Morgan fingerprint density at radius 1 is 1.27 bits per heavy atom. The van der Waals surface area contributed by atoms with E-state index in [-0.39, 0.29) is 5.78 Å². The molecule has 0 heterocycles. The highest BCUT2D eigenvalue weighted by molar-refractivity contribution is 7.86. The molecule has 0 unspecified atom stereocenters. The van der Waals surface area contributed by atoms with Gasteiger partial charge in [0.15, 0.2) is 5.78 Å². The van der Waals surface area contributed by atoms with Crippen LogP contribution in [0.2, 0.25) is 0 Å². The number of ether oxygens (including phenoxy) is 1. The Morgan fingerprint density at radius 3 is 2.05 bits per heavy atom. The van der Waals surface area contributed by atoms with Gasteiger partial charge in [0, 0.05) is 12.0 Å². The first kappa shape index (κ1) is 20.3. The number of benzene rings is 1. The van der Waals surface area contributed by atoms with Crippen molar-refractivity contribution in [3.63, 3.8) is 0 Å². The molecule has 3 N–H and O–H groups in total. The lowest BCUT2D eigenvalue weighted by Crippen LogP contribution is -2.21. The van der Waals surface area contributed by atoms with E-state index in [1.165, 1.54) is 0 Å². The molecule has 1 rings (SSSR count). The van der Waals surface area contributed by atoms with Gasteiger partial charge in [-0.2, -0.15) is 21.6 Å². The van der Waals surface area contributed by atoms with Gasteiger partial charge in [-0.3, -0.25) is 9.35 Å². The number of Topliss-reactive ketones (excluding diaryl/α,β-unsaturated/α-hetero) is 1. The van der Waals surface area contributed by atoms with Gasteiger partial charge in [-0.15, -0.1) is 0 Å². The predicted octanol–water partition coefficient (Wildman–Crippen LogP) is 2.01. The first-order chi connectivity index (χ1) is 10.0. The zero-order chi connectivity index (χ0) is 17.4. The quantitative estimate of drug-likeness (QED) is 0.481. The van der Waals surface area contributed by atoms with Crippen molar-refractivity contribution in [3.05, 3.63) is 29.8 Å². The van der Waals surface area contributed by atoms with Gasteiger partial charge in [0.1, 0.15) is 5.75 Å². The van der Waals surface area contributed by atoms with Gasteiger partial charge in [0.2, 0.25) is 0 Å². The van der Waals surface area contributed by atoms with E-state index < -0.39 is 15.6 Å². The number of alkyl halides is 3. The van der Waals surface area contributed by atoms with Gasteiger partial charge in [-0.25, -0.2) is 0 Å². The maximum absolute atomic E-state index is 11.5. The fourth-order valence-electron chi connectivity index (χ4n) is 1.18. The van der Waals surface area contributed by atoms with Gasteiger partial charge in [-0.05, 0) is 37.2 Å². The third-order valence-electron chi connectivity index (χ3n) is 2.31. The molecule has 22 heavy (non-hydrogen) atoms. The summed E-state index contributed by atoms with van der Waals surface area (Å²) in [5.41, 5.74) is 0.515. The Labute approximate surface area is 125 Å². The summed E-state index contributed by atoms with van der Waals surface area (Å²) in [5.74, 6) is 0.901. The number of carbonyl (C=O) groups is 1. The summed E-state index contributed by atoms with van der Waals surface area (Å²) in [5, 5.41) is 0. The van der Waals surface area contributed by atoms with Crippen LogP contribution in [0.25, 0.3) is 0 Å². The Kier molecular flexibility index (Phi) is 8.06. The van der Waals surface area contributed by atoms with Crippen molar-refractivity contribution < 1.29 is 35.7 Å². The highest BCUT2D eigenvalue weighted by atomic mass is 32.2. The summed E-state index contributed by atoms with van der Waals surface area (Å²) >= 11 is 0. The lowest BCUT2D eigenvalue weighted by Gasteiger charge is -2.02. The molecule has 0 saturated carbocycles. The second kappa shape index (κ2) is 8.71. The van der Waals surface area contributed by atoms with Crippen molar-refractivity contribution in [2.45, 2.75) is 18.3 Å². The smallest absolute Gasteiger partial charge is 0.497 e. The first-order valence-electron chi connectivity index (χ1n) is 5.94. The van der Waals surface area contributed by atoms with E-state index in [2.05, 4.69) is 0 Å². The van der Waals surface area contributed by atoms with Crippen LogP contribution in [0.15, 0.2) is 24.3 Å². The van der Waals surface area contributed by atoms with Gasteiger partial charge in [0.25, 0.3) is 0 Å². The van der Waals surface area contributed by atoms with Crippen LogP contribution in [0.5, 0.6) is 5.75 Å². The Bertz CT molecular complexity index is 569. The zero-order valence-electron chi connectivity index (χ0n) is 11.6. The second-order valence-electron chi connectivity index (χ2n) is 3.96. The van der Waals surface area contributed by atoms with Gasteiger partial charge < -0.3 is 10.5 Å². The molecular formula is C12H16F3NO5S. The number of methoxy groups -OCH3 is 1. The monoisotopic (exact) mass is 343 g/mol. The Hall–Kier alpha value is -1.65. The minimum atomic E-state index is -5.84. The average molecular weight is 343 g/mol. The first-order valence-corrected chi connectivity index (χ1v) is 7.38. The molecule has 126 valence electrons. The van der Waals surface area contributed by atoms with Crippen LogP contribution >= 0.6 is 0 Å². The summed E-state index contributed by atoms with van der Waals surface area (Å²) in [6, 6.07) is 7.13. The predicted molar refractivity (Wildman–Crippen MR) is 73.2 cm³/mol. The van der Waals surface area contributed by atoms with Crippen LogP contribution in [-0.4, -0.2) is 37.9 Å². The molecule has 0 saturated heterocycles. The molecule has 0 amide bonds. The Balaban J connectivity index is 0.000000472. The fraction of sp³-hybridized carbons (Fsp3) is 0.417. The lowest BCUT2D eigenvalue weighted by atomic mass is 10.1. The van der Waals surface area contributed by atoms with Crippen molar-refractivity contribution in [1.29, 1.82) is 0 Å². The van der Waals surface area contributed by atoms with E-state index in [0.29, 0.717) is 13.0 Å². The minimum Gasteiger partial charge on any atom is -0.497 e. The molecule has 0 aliphatic rings. The van der Waals surface area contributed by atoms with E-state index in [1.54, 1.807) is 31.4 Å². The van der Waals surface area contributed by atoms with Gasteiger partial charge in [0.05, 0.1) is 7.11 Å². The minimum absolute atomic E-state index is 0.137. The molecule has 0 spiro atoms. The lowest BCUT2D eigenvalue weighted by molar-refractivity contribution is -0.0510. The normalized spacial score (nSPS) is 11.4. The molecule has 0 bridgehead atoms. The largest absolute Gasteiger partial charge is 0.522 e. The SMILES string of the molecule is COc1ccc(C(=O)CCCN)cc1.O=S(=O)(O)C(F)(F)F. The molecule has 0 atom stereocenters. The van der Waals surface area contributed by atoms with Crippen molar-refractivity contribution in [1.82, 2.24) is 0 Å². The maximum Gasteiger partial charge on any atom is 0.522 e. The number of hydrogen-bond acceptors (Lipinski definition) is 5. The molecule has 0 radical (unpaired) electrons. The van der Waals surface area contributed by atoms with Crippen LogP contribution in [0.1, 0.15) is 23.2 Å². The highest BCUT2D eigenvalue weighted by Gasteiger charge is 2.44. The molecule has 1 aromatic rings. The third-order valence-corrected chi connectivity index (χ3v) is 2.90. The van der Waals surface area contributed by atoms with Crippen molar-refractivity contribution in [2.24, 2.45) is 5.73 Å². The summed E-state index contributed by atoms with van der Waals surface area (Å²) in [6.45, 7) is 0.557. The summed E-state index contributed by atoms with van der Waals surface area (Å²) in [7, 11) is -4.24. The van der Waals surface area contributed by atoms with Crippen LogP contribution in [0, 0.1) is 0 Å². The van der Waals surface area contributed by atoms with E-state index in [0.717, 1.165) is 17.7 Å². The standard InChI is InChI=1S/C11H15NO2.CHF3O3S/c1-14-10-6-4-9(5-7-10)11(13)3-2-8-12;2-1(3,4)8(5,6)7/h4-7H,2-3,8,12H2,1H3;(H,5,6,7). The number of hydrogen-bond donors (Lipinski definition) is 2. The molecule has 0 aliphatic heterocycles. The third kappa shape index (κ3) is 7.38. The van der Waals surface area contributed by atoms with E-state index >= 15 is 0 Å². The Morgan fingerprint density at radius 2 is 1.73 bits per heavy atom. The topological polar surface area (TPSA) is 107 Å². The molecule has 1 aromatic carbocycles. The van der Waals surface area contributed by atoms with E-state index in [9.17, 15) is 18.0 Å². The summed E-state index contributed by atoms with van der Waals surface area (Å²) in [6.07, 6.45) is 1.26. The number of halogens is 3. The maximum atomic E-state index is 11.5. The van der Waals surface area contributed by atoms with Crippen molar-refractivity contribution in [3.8, 4) is 5.75 Å². The number of carbonyl (C=O) groups excluding carboxylic acids is 1. The number of nitrogens with two attached hydrogens (primary N) is 1. The summed E-state index contributed by atoms with van der Waals surface area (Å²) in [4.78, 5) is 11.5. The zero-order valence-corrected chi connectivity index (χ0v) is 12.4. The molecule has 0 fully saturated rings. The second-order valence-corrected chi connectivity index (χ2v) is 5.38. The molecule has 0 aromatic heterocycles. The van der Waals surface area contributed by atoms with Crippen LogP contribution in [0.3, 0.4) is 0 Å². The molecule has 0 aliphatic carbocycles. The van der Waals surface area contributed by atoms with Gasteiger partial charge >= 0.3 is 15.6 Å². The molecule has 10 heteroatoms. The number of rotatable bonds is 5. The number of ketones is 1. The van der Waals surface area contributed by atoms with Crippen LogP contribution in [0.4, 0.5) is 13.2 Å². The molecular weight excluding hydrogens is 327 g/mol.